The highest BCUT2D eigenvalue weighted by Gasteiger charge is 2.43. The van der Waals surface area contributed by atoms with E-state index in [1.807, 2.05) is 23.4 Å². The lowest BCUT2D eigenvalue weighted by atomic mass is 9.94. The average molecular weight is 575 g/mol. The first-order chi connectivity index (χ1) is 20.5. The Labute approximate surface area is 243 Å². The van der Waals surface area contributed by atoms with Gasteiger partial charge in [-0.2, -0.15) is 14.5 Å². The van der Waals surface area contributed by atoms with Gasteiger partial charge in [0.05, 0.1) is 30.3 Å². The number of hydrogen-bond acceptors (Lipinski definition) is 9. The van der Waals surface area contributed by atoms with Gasteiger partial charge in [0.1, 0.15) is 6.54 Å². The smallest absolute Gasteiger partial charge is 0.247 e. The maximum atomic E-state index is 13.2. The van der Waals surface area contributed by atoms with E-state index < -0.39 is 5.95 Å². The van der Waals surface area contributed by atoms with E-state index in [0.29, 0.717) is 24.4 Å². The number of anilines is 3. The van der Waals surface area contributed by atoms with Gasteiger partial charge in [0.15, 0.2) is 5.65 Å². The second-order valence-electron chi connectivity index (χ2n) is 11.6. The van der Waals surface area contributed by atoms with Crippen LogP contribution in [-0.2, 0) is 22.7 Å². The van der Waals surface area contributed by atoms with Gasteiger partial charge in [-0.25, -0.2) is 9.50 Å². The zero-order chi connectivity index (χ0) is 28.6. The first-order valence-corrected chi connectivity index (χ1v) is 14.6. The van der Waals surface area contributed by atoms with E-state index in [0.717, 1.165) is 74.7 Å². The van der Waals surface area contributed by atoms with E-state index in [4.69, 9.17) is 9.72 Å². The SMILES string of the molecule is CN1CCN(C(=O)Cn2cc(Nc3nc4c(N5CC6CCC(C5)C6OCc5ccc(F)nc5)cccn4n3)cn2)CC1. The molecular weight excluding hydrogens is 539 g/mol. The molecule has 1 saturated carbocycles. The number of piperazine rings is 1. The molecule has 2 atom stereocenters. The monoisotopic (exact) mass is 574 g/mol. The second-order valence-corrected chi connectivity index (χ2v) is 11.6. The van der Waals surface area contributed by atoms with Crippen molar-refractivity contribution in [3.63, 3.8) is 0 Å². The van der Waals surface area contributed by atoms with Crippen LogP contribution in [0.2, 0.25) is 0 Å². The van der Waals surface area contributed by atoms with Crippen LogP contribution in [0.4, 0.5) is 21.7 Å². The second kappa shape index (κ2) is 11.3. The number of likely N-dealkylation sites (N-methyl/N-ethyl adjacent to an activating group) is 1. The summed E-state index contributed by atoms with van der Waals surface area (Å²) in [4.78, 5) is 27.8. The van der Waals surface area contributed by atoms with Crippen molar-refractivity contribution in [2.24, 2.45) is 11.8 Å². The topological polar surface area (TPSA) is 109 Å². The lowest BCUT2D eigenvalue weighted by molar-refractivity contribution is -0.133. The number of rotatable bonds is 8. The fraction of sp³-hybridized carbons (Fsp3) is 0.483. The predicted octanol–water partition coefficient (Wildman–Crippen LogP) is 2.41. The standard InChI is InChI=1S/C29H35FN10O2/c1-36-9-11-37(12-10-36)26(41)18-39-17-23(14-32-39)33-29-34-28-24(3-2-8-40(28)35-29)38-15-21-5-6-22(16-38)27(21)42-19-20-4-7-25(30)31-13-20/h2-4,7-8,13-14,17,21-22,27H,5-6,9-12,15-16,18-19H2,1H3,(H,33,35). The lowest BCUT2D eigenvalue weighted by Gasteiger charge is -2.39. The van der Waals surface area contributed by atoms with Crippen LogP contribution in [0.15, 0.2) is 49.1 Å². The molecule has 12 nitrogen and oxygen atoms in total. The van der Waals surface area contributed by atoms with Crippen molar-refractivity contribution in [2.45, 2.75) is 32.1 Å². The van der Waals surface area contributed by atoms with Gasteiger partial charge in [0.2, 0.25) is 17.8 Å². The zero-order valence-electron chi connectivity index (χ0n) is 23.6. The largest absolute Gasteiger partial charge is 0.373 e. The first-order valence-electron chi connectivity index (χ1n) is 14.6. The average Bonchev–Trinajstić information content (AvgIpc) is 3.67. The van der Waals surface area contributed by atoms with Gasteiger partial charge in [0, 0.05) is 69.7 Å². The van der Waals surface area contributed by atoms with E-state index in [1.165, 1.54) is 6.07 Å². The van der Waals surface area contributed by atoms with Crippen molar-refractivity contribution in [1.82, 2.24) is 39.2 Å². The molecule has 220 valence electrons. The number of nitrogens with one attached hydrogen (secondary N) is 1. The minimum absolute atomic E-state index is 0.0730. The third-order valence-corrected chi connectivity index (χ3v) is 8.70. The van der Waals surface area contributed by atoms with Crippen molar-refractivity contribution in [1.29, 1.82) is 0 Å². The van der Waals surface area contributed by atoms with Crippen molar-refractivity contribution >= 4 is 28.9 Å². The van der Waals surface area contributed by atoms with Gasteiger partial charge in [0.25, 0.3) is 0 Å². The minimum Gasteiger partial charge on any atom is -0.373 e. The molecule has 7 rings (SSSR count). The fourth-order valence-electron chi connectivity index (χ4n) is 6.46. The Morgan fingerprint density at radius 3 is 2.67 bits per heavy atom. The summed E-state index contributed by atoms with van der Waals surface area (Å²) in [6, 6.07) is 7.20. The van der Waals surface area contributed by atoms with Crippen molar-refractivity contribution < 1.29 is 13.9 Å². The first kappa shape index (κ1) is 26.8. The van der Waals surface area contributed by atoms with Crippen LogP contribution in [0.25, 0.3) is 5.65 Å². The normalized spacial score (nSPS) is 22.7. The van der Waals surface area contributed by atoms with E-state index in [1.54, 1.807) is 27.7 Å². The number of aromatic nitrogens is 6. The number of ether oxygens (including phenoxy) is 1. The van der Waals surface area contributed by atoms with Crippen LogP contribution in [0.1, 0.15) is 18.4 Å². The third-order valence-electron chi connectivity index (χ3n) is 8.70. The summed E-state index contributed by atoms with van der Waals surface area (Å²) in [5, 5.41) is 12.3. The molecule has 4 aromatic heterocycles. The van der Waals surface area contributed by atoms with E-state index in [9.17, 15) is 9.18 Å². The highest BCUT2D eigenvalue weighted by atomic mass is 19.1. The molecule has 1 amide bonds. The molecule has 3 fully saturated rings. The Balaban J connectivity index is 0.996. The van der Waals surface area contributed by atoms with Crippen molar-refractivity contribution in [3.8, 4) is 0 Å². The van der Waals surface area contributed by atoms with Gasteiger partial charge in [-0.3, -0.25) is 9.48 Å². The highest BCUT2D eigenvalue weighted by Crippen LogP contribution is 2.41. The fourth-order valence-corrected chi connectivity index (χ4v) is 6.46. The van der Waals surface area contributed by atoms with E-state index in [-0.39, 0.29) is 18.6 Å². The van der Waals surface area contributed by atoms with Crippen LogP contribution >= 0.6 is 0 Å². The molecule has 0 aromatic carbocycles. The van der Waals surface area contributed by atoms with Crippen LogP contribution in [0.3, 0.4) is 0 Å². The number of piperidine rings is 1. The summed E-state index contributed by atoms with van der Waals surface area (Å²) >= 11 is 0. The van der Waals surface area contributed by atoms with Crippen molar-refractivity contribution in [2.75, 3.05) is 56.5 Å². The molecule has 1 N–H and O–H groups in total. The molecule has 42 heavy (non-hydrogen) atoms. The molecule has 13 heteroatoms. The maximum absolute atomic E-state index is 13.2. The third kappa shape index (κ3) is 5.53. The molecule has 2 unspecified atom stereocenters. The van der Waals surface area contributed by atoms with Gasteiger partial charge < -0.3 is 24.8 Å². The number of pyridine rings is 2. The number of hydrogen-bond donors (Lipinski definition) is 1. The zero-order valence-corrected chi connectivity index (χ0v) is 23.6. The summed E-state index contributed by atoms with van der Waals surface area (Å²) in [5.74, 6) is 0.899. The van der Waals surface area contributed by atoms with Gasteiger partial charge in [-0.05, 0) is 43.7 Å². The van der Waals surface area contributed by atoms with Crippen molar-refractivity contribution in [3.05, 3.63) is 60.6 Å². The van der Waals surface area contributed by atoms with Gasteiger partial charge >= 0.3 is 0 Å². The summed E-state index contributed by atoms with van der Waals surface area (Å²) in [6.07, 6.45) is 9.37. The molecule has 3 aliphatic rings. The lowest BCUT2D eigenvalue weighted by Crippen LogP contribution is -2.48. The molecule has 0 spiro atoms. The molecule has 2 bridgehead atoms. The number of amides is 1. The molecule has 0 radical (unpaired) electrons. The van der Waals surface area contributed by atoms with E-state index >= 15 is 0 Å². The molecule has 1 aliphatic carbocycles. The Morgan fingerprint density at radius 2 is 1.90 bits per heavy atom. The van der Waals surface area contributed by atoms with Crippen LogP contribution in [0, 0.1) is 17.8 Å². The van der Waals surface area contributed by atoms with Crippen LogP contribution < -0.4 is 10.2 Å². The summed E-state index contributed by atoms with van der Waals surface area (Å²) in [6.45, 7) is 5.68. The molecule has 6 heterocycles. The summed E-state index contributed by atoms with van der Waals surface area (Å²) < 4.78 is 22.9. The Morgan fingerprint density at radius 1 is 1.10 bits per heavy atom. The van der Waals surface area contributed by atoms with Crippen LogP contribution in [0.5, 0.6) is 0 Å². The Kier molecular flexibility index (Phi) is 7.20. The quantitative estimate of drug-likeness (QED) is 0.318. The summed E-state index contributed by atoms with van der Waals surface area (Å²) in [5.41, 5.74) is 3.45. The number of halogens is 1. The maximum Gasteiger partial charge on any atom is 0.247 e. The highest BCUT2D eigenvalue weighted by molar-refractivity contribution is 5.76. The number of fused-ring (bicyclic) bond motifs is 3. The molecule has 2 aliphatic heterocycles. The Hall–Kier alpha value is -4.10. The van der Waals surface area contributed by atoms with E-state index in [2.05, 4.69) is 43.4 Å². The number of nitrogens with zero attached hydrogens (tertiary/aromatic N) is 9. The van der Waals surface area contributed by atoms with Gasteiger partial charge in [-0.1, -0.05) is 6.07 Å². The van der Waals surface area contributed by atoms with Gasteiger partial charge in [-0.15, -0.1) is 5.10 Å². The molecule has 2 saturated heterocycles. The molecule has 4 aromatic rings. The minimum atomic E-state index is -0.476. The summed E-state index contributed by atoms with van der Waals surface area (Å²) in [7, 11) is 2.07. The number of carbonyl (C=O) groups is 1. The van der Waals surface area contributed by atoms with Crippen LogP contribution in [-0.4, -0.2) is 97.5 Å². The molecular formula is C29H35FN10O2. The Bertz CT molecular complexity index is 1530. The predicted molar refractivity (Wildman–Crippen MR) is 154 cm³/mol. The number of carbonyl (C=O) groups excluding carboxylic acids is 1.